The molecule has 154 valence electrons. The van der Waals surface area contributed by atoms with E-state index in [1.807, 2.05) is 18.2 Å². The van der Waals surface area contributed by atoms with E-state index < -0.39 is 25.3 Å². The number of nitrogens with zero attached hydrogens (tertiary/aromatic N) is 1. The molecule has 1 spiro atoms. The van der Waals surface area contributed by atoms with E-state index in [1.54, 1.807) is 34.6 Å². The van der Waals surface area contributed by atoms with Crippen molar-refractivity contribution in [1.82, 2.24) is 0 Å². The van der Waals surface area contributed by atoms with Gasteiger partial charge >= 0.3 is 0 Å². The lowest BCUT2D eigenvalue weighted by Gasteiger charge is -2.41. The number of hydrogen-bond donors (Lipinski definition) is 0. The van der Waals surface area contributed by atoms with Crippen LogP contribution in [0, 0.1) is 5.92 Å². The van der Waals surface area contributed by atoms with Gasteiger partial charge < -0.3 is 0 Å². The molecule has 2 fully saturated rings. The molecule has 1 atom stereocenters. The molecule has 1 saturated carbocycles. The average molecular weight is 496 g/mol. The summed E-state index contributed by atoms with van der Waals surface area (Å²) in [5.74, 6) is 0.489. The summed E-state index contributed by atoms with van der Waals surface area (Å²) < 4.78 is 54.5. The van der Waals surface area contributed by atoms with Crippen LogP contribution in [0.4, 0.5) is 5.69 Å². The zero-order valence-corrected chi connectivity index (χ0v) is 19.0. The first kappa shape index (κ1) is 19.6. The zero-order chi connectivity index (χ0) is 20.4. The smallest absolute Gasteiger partial charge is 0.262 e. The van der Waals surface area contributed by atoms with Crippen LogP contribution in [0.3, 0.4) is 0 Å². The van der Waals surface area contributed by atoms with Gasteiger partial charge in [0.2, 0.25) is 0 Å². The topological polar surface area (TPSA) is 71.5 Å². The molecule has 2 aliphatic heterocycles. The van der Waals surface area contributed by atoms with Crippen molar-refractivity contribution in [2.45, 2.75) is 42.0 Å². The molecule has 5 rings (SSSR count). The molecule has 2 aromatic rings. The Bertz CT molecular complexity index is 1160. The van der Waals surface area contributed by atoms with Crippen LogP contribution in [0.5, 0.6) is 0 Å². The van der Waals surface area contributed by atoms with Gasteiger partial charge in [-0.25, -0.2) is 16.8 Å². The normalized spacial score (nSPS) is 25.1. The molecule has 1 unspecified atom stereocenters. The number of sulfone groups is 1. The third-order valence-electron chi connectivity index (χ3n) is 6.64. The molecule has 0 bridgehead atoms. The summed E-state index contributed by atoms with van der Waals surface area (Å²) in [7, 11) is -6.83. The summed E-state index contributed by atoms with van der Waals surface area (Å²) in [6, 6.07) is 14.1. The summed E-state index contributed by atoms with van der Waals surface area (Å²) in [4.78, 5) is 0.278. The van der Waals surface area contributed by atoms with Crippen molar-refractivity contribution in [3.63, 3.8) is 0 Å². The molecule has 1 aliphatic carbocycles. The van der Waals surface area contributed by atoms with Gasteiger partial charge in [0.1, 0.15) is 9.84 Å². The second-order valence-electron chi connectivity index (χ2n) is 8.37. The highest BCUT2D eigenvalue weighted by atomic mass is 79.9. The molecule has 29 heavy (non-hydrogen) atoms. The average Bonchev–Trinajstić information content (AvgIpc) is 3.49. The van der Waals surface area contributed by atoms with Crippen molar-refractivity contribution < 1.29 is 16.8 Å². The maximum absolute atomic E-state index is 13.8. The predicted molar refractivity (Wildman–Crippen MR) is 116 cm³/mol. The number of anilines is 1. The molecule has 0 amide bonds. The molecule has 5 nitrogen and oxygen atoms in total. The van der Waals surface area contributed by atoms with Gasteiger partial charge in [-0.3, -0.25) is 4.31 Å². The molecule has 2 aromatic carbocycles. The van der Waals surface area contributed by atoms with Crippen LogP contribution in [0.1, 0.15) is 31.2 Å². The third kappa shape index (κ3) is 3.06. The van der Waals surface area contributed by atoms with Gasteiger partial charge in [-0.1, -0.05) is 34.1 Å². The number of rotatable bonds is 3. The van der Waals surface area contributed by atoms with Gasteiger partial charge in [-0.2, -0.15) is 0 Å². The minimum Gasteiger partial charge on any atom is -0.262 e. The molecular formula is C21H22BrNO4S2. The summed E-state index contributed by atoms with van der Waals surface area (Å²) in [5, 5.41) is 0. The zero-order valence-electron chi connectivity index (χ0n) is 15.8. The Labute approximate surface area is 180 Å². The van der Waals surface area contributed by atoms with Gasteiger partial charge in [-0.15, -0.1) is 0 Å². The lowest BCUT2D eigenvalue weighted by molar-refractivity contribution is 0.308. The van der Waals surface area contributed by atoms with E-state index in [1.165, 1.54) is 0 Å². The van der Waals surface area contributed by atoms with Crippen LogP contribution < -0.4 is 4.31 Å². The first-order valence-electron chi connectivity index (χ1n) is 9.85. The first-order valence-corrected chi connectivity index (χ1v) is 13.9. The number of halogens is 1. The lowest BCUT2D eigenvalue weighted by atomic mass is 9.70. The fourth-order valence-corrected chi connectivity index (χ4v) is 8.87. The molecular weight excluding hydrogens is 474 g/mol. The minimum atomic E-state index is -3.75. The van der Waals surface area contributed by atoms with E-state index in [-0.39, 0.29) is 28.4 Å². The van der Waals surface area contributed by atoms with Crippen molar-refractivity contribution in [2.24, 2.45) is 5.92 Å². The molecule has 0 aromatic heterocycles. The largest absolute Gasteiger partial charge is 0.264 e. The van der Waals surface area contributed by atoms with Crippen molar-refractivity contribution in [2.75, 3.05) is 15.8 Å². The summed E-state index contributed by atoms with van der Waals surface area (Å²) in [6.07, 6.45) is 2.91. The van der Waals surface area contributed by atoms with E-state index in [0.29, 0.717) is 18.5 Å². The Kier molecular flexibility index (Phi) is 4.43. The Morgan fingerprint density at radius 2 is 1.66 bits per heavy atom. The van der Waals surface area contributed by atoms with Gasteiger partial charge in [0.25, 0.3) is 10.0 Å². The fraction of sp³-hybridized carbons (Fsp3) is 0.429. The van der Waals surface area contributed by atoms with Crippen LogP contribution in [-0.4, -0.2) is 34.4 Å². The Morgan fingerprint density at radius 1 is 1.00 bits per heavy atom. The number of benzene rings is 2. The molecule has 1 saturated heterocycles. The molecule has 3 aliphatic rings. The number of sulfonamides is 1. The first-order chi connectivity index (χ1) is 13.7. The predicted octanol–water partition coefficient (Wildman–Crippen LogP) is 3.88. The van der Waals surface area contributed by atoms with Gasteiger partial charge in [0.15, 0.2) is 0 Å². The van der Waals surface area contributed by atoms with Crippen molar-refractivity contribution in [3.8, 4) is 0 Å². The van der Waals surface area contributed by atoms with Crippen molar-refractivity contribution in [3.05, 3.63) is 58.6 Å². The standard InChI is InChI=1S/C21H22BrNO4S2/c22-16-8-9-19-18(14-16)21(10-12-28(24,25)13-11-21)20(15-6-7-15)23(19)29(26,27)17-4-2-1-3-5-17/h1-5,8-9,14-15,20H,6-7,10-13H2. The fourth-order valence-electron chi connectivity index (χ4n) is 5.14. The maximum atomic E-state index is 13.8. The highest BCUT2D eigenvalue weighted by Gasteiger charge is 2.60. The molecule has 2 heterocycles. The Balaban J connectivity index is 1.72. The highest BCUT2D eigenvalue weighted by Crippen LogP contribution is 2.59. The van der Waals surface area contributed by atoms with Crippen molar-refractivity contribution in [1.29, 1.82) is 0 Å². The van der Waals surface area contributed by atoms with Gasteiger partial charge in [-0.05, 0) is 67.5 Å². The number of fused-ring (bicyclic) bond motifs is 2. The van der Waals surface area contributed by atoms with E-state index in [4.69, 9.17) is 0 Å². The SMILES string of the molecule is O=S1(=O)CCC2(CC1)c1cc(Br)ccc1N(S(=O)(=O)c1ccccc1)C2C1CC1. The van der Waals surface area contributed by atoms with Crippen LogP contribution in [0.25, 0.3) is 0 Å². The van der Waals surface area contributed by atoms with Gasteiger partial charge in [0.05, 0.1) is 28.1 Å². The monoisotopic (exact) mass is 495 g/mol. The minimum absolute atomic E-state index is 0.112. The van der Waals surface area contributed by atoms with Crippen LogP contribution in [0.2, 0.25) is 0 Å². The number of hydrogen-bond acceptors (Lipinski definition) is 4. The molecule has 0 radical (unpaired) electrons. The lowest BCUT2D eigenvalue weighted by Crippen LogP contribution is -2.52. The van der Waals surface area contributed by atoms with Gasteiger partial charge in [0, 0.05) is 9.89 Å². The van der Waals surface area contributed by atoms with Crippen LogP contribution >= 0.6 is 15.9 Å². The van der Waals surface area contributed by atoms with Crippen molar-refractivity contribution >= 4 is 41.5 Å². The summed E-state index contributed by atoms with van der Waals surface area (Å²) in [6.45, 7) is 0. The summed E-state index contributed by atoms with van der Waals surface area (Å²) >= 11 is 3.54. The van der Waals surface area contributed by atoms with E-state index in [2.05, 4.69) is 15.9 Å². The maximum Gasteiger partial charge on any atom is 0.264 e. The second-order valence-corrected chi connectivity index (χ2v) is 13.4. The van der Waals surface area contributed by atoms with Crippen LogP contribution in [0.15, 0.2) is 57.9 Å². The third-order valence-corrected chi connectivity index (χ3v) is 10.6. The van der Waals surface area contributed by atoms with E-state index in [0.717, 1.165) is 22.9 Å². The van der Waals surface area contributed by atoms with Crippen LogP contribution in [-0.2, 0) is 25.3 Å². The highest BCUT2D eigenvalue weighted by molar-refractivity contribution is 9.10. The Morgan fingerprint density at radius 3 is 2.28 bits per heavy atom. The second kappa shape index (κ2) is 6.56. The van der Waals surface area contributed by atoms with E-state index in [9.17, 15) is 16.8 Å². The molecule has 8 heteroatoms. The van der Waals surface area contributed by atoms with E-state index >= 15 is 0 Å². The molecule has 0 N–H and O–H groups in total. The summed E-state index contributed by atoms with van der Waals surface area (Å²) in [5.41, 5.74) is 1.22. The Hall–Kier alpha value is -1.38. The quantitative estimate of drug-likeness (QED) is 0.647.